The van der Waals surface area contributed by atoms with Crippen molar-refractivity contribution in [1.29, 1.82) is 0 Å². The van der Waals surface area contributed by atoms with Crippen LogP contribution in [0, 0.1) is 5.92 Å². The van der Waals surface area contributed by atoms with Crippen LogP contribution in [-0.2, 0) is 21.6 Å². The third kappa shape index (κ3) is 2.96. The molecule has 3 aliphatic heterocycles. The van der Waals surface area contributed by atoms with Crippen LogP contribution in [-0.4, -0.2) is 43.6 Å². The number of carbonyl (C=O) groups excluding carboxylic acids is 1. The Morgan fingerprint density at radius 3 is 2.61 bits per heavy atom. The molecule has 146 valence electrons. The van der Waals surface area contributed by atoms with Gasteiger partial charge in [0.1, 0.15) is 0 Å². The summed E-state index contributed by atoms with van der Waals surface area (Å²) in [5.41, 5.74) is 3.73. The van der Waals surface area contributed by atoms with E-state index in [9.17, 15) is 4.79 Å². The average molecular weight is 377 g/mol. The van der Waals surface area contributed by atoms with E-state index < -0.39 is 0 Å². The predicted molar refractivity (Wildman–Crippen MR) is 109 cm³/mol. The molecule has 4 nitrogen and oxygen atoms in total. The highest BCUT2D eigenvalue weighted by Crippen LogP contribution is 2.42. The summed E-state index contributed by atoms with van der Waals surface area (Å²) in [6.45, 7) is 4.56. The van der Waals surface area contributed by atoms with Crippen LogP contribution in [0.25, 0.3) is 0 Å². The van der Waals surface area contributed by atoms with Gasteiger partial charge in [0.25, 0.3) is 0 Å². The first-order chi connectivity index (χ1) is 13.8. The van der Waals surface area contributed by atoms with E-state index in [-0.39, 0.29) is 11.3 Å². The van der Waals surface area contributed by atoms with Gasteiger partial charge in [-0.2, -0.15) is 0 Å². The van der Waals surface area contributed by atoms with E-state index in [1.54, 1.807) is 0 Å². The topological polar surface area (TPSA) is 41.6 Å². The lowest BCUT2D eigenvalue weighted by Crippen LogP contribution is -2.51. The molecule has 1 spiro atoms. The molecule has 3 heterocycles. The highest BCUT2D eigenvalue weighted by atomic mass is 16.5. The molecule has 2 aromatic rings. The van der Waals surface area contributed by atoms with Gasteiger partial charge < -0.3 is 15.0 Å². The first kappa shape index (κ1) is 17.9. The maximum atomic E-state index is 13.6. The fraction of sp³-hybridized carbons (Fsp3) is 0.458. The van der Waals surface area contributed by atoms with Gasteiger partial charge in [-0.1, -0.05) is 54.6 Å². The largest absolute Gasteiger partial charge is 0.376 e. The van der Waals surface area contributed by atoms with Crippen molar-refractivity contribution < 1.29 is 9.53 Å². The van der Waals surface area contributed by atoms with Crippen LogP contribution in [0.1, 0.15) is 35.4 Å². The van der Waals surface area contributed by atoms with Crippen molar-refractivity contribution in [2.24, 2.45) is 5.92 Å². The Labute approximate surface area is 166 Å². The summed E-state index contributed by atoms with van der Waals surface area (Å²) in [5, 5.41) is 3.50. The minimum Gasteiger partial charge on any atom is -0.376 e. The highest BCUT2D eigenvalue weighted by Gasteiger charge is 2.51. The summed E-state index contributed by atoms with van der Waals surface area (Å²) in [6, 6.07) is 19.2. The second-order valence-electron chi connectivity index (χ2n) is 8.50. The fourth-order valence-corrected chi connectivity index (χ4v) is 5.45. The molecule has 2 fully saturated rings. The van der Waals surface area contributed by atoms with E-state index in [1.165, 1.54) is 16.7 Å². The summed E-state index contributed by atoms with van der Waals surface area (Å²) >= 11 is 0. The highest BCUT2D eigenvalue weighted by molar-refractivity contribution is 5.82. The zero-order chi connectivity index (χ0) is 19.0. The molecule has 0 radical (unpaired) electrons. The van der Waals surface area contributed by atoms with Gasteiger partial charge in [-0.15, -0.1) is 0 Å². The van der Waals surface area contributed by atoms with Crippen LogP contribution in [0.3, 0.4) is 0 Å². The standard InChI is InChI=1S/C24H28N2O2/c27-23(26-12-10-19(11-13-26)18-6-2-1-3-7-18)22-14-25-16-24(22)17-28-15-20-8-4-5-9-21(20)24/h1-9,19,22,25H,10-17H2/t22-,24+/m0/s1. The molecule has 3 aliphatic rings. The molecule has 1 N–H and O–H groups in total. The van der Waals surface area contributed by atoms with E-state index in [2.05, 4.69) is 64.8 Å². The molecule has 2 saturated heterocycles. The molecule has 2 atom stereocenters. The summed E-state index contributed by atoms with van der Waals surface area (Å²) in [5.74, 6) is 0.832. The van der Waals surface area contributed by atoms with Crippen LogP contribution in [0.2, 0.25) is 0 Å². The average Bonchev–Trinajstić information content (AvgIpc) is 3.18. The van der Waals surface area contributed by atoms with Gasteiger partial charge in [0.15, 0.2) is 0 Å². The van der Waals surface area contributed by atoms with E-state index in [1.807, 2.05) is 0 Å². The van der Waals surface area contributed by atoms with E-state index in [4.69, 9.17) is 4.74 Å². The number of hydrogen-bond acceptors (Lipinski definition) is 3. The molecular formula is C24H28N2O2. The third-order valence-electron chi connectivity index (χ3n) is 7.00. The molecule has 28 heavy (non-hydrogen) atoms. The Balaban J connectivity index is 1.34. The molecule has 0 aromatic heterocycles. The lowest BCUT2D eigenvalue weighted by Gasteiger charge is -2.42. The lowest BCUT2D eigenvalue weighted by molar-refractivity contribution is -0.139. The Morgan fingerprint density at radius 2 is 1.79 bits per heavy atom. The van der Waals surface area contributed by atoms with Crippen molar-refractivity contribution in [3.8, 4) is 0 Å². The molecule has 0 aliphatic carbocycles. The molecule has 0 saturated carbocycles. The molecule has 5 rings (SSSR count). The molecule has 2 aromatic carbocycles. The summed E-state index contributed by atoms with van der Waals surface area (Å²) in [6.07, 6.45) is 2.10. The van der Waals surface area contributed by atoms with Crippen LogP contribution >= 0.6 is 0 Å². The quantitative estimate of drug-likeness (QED) is 0.876. The number of rotatable bonds is 2. The Kier molecular flexibility index (Phi) is 4.69. The SMILES string of the molecule is O=C([C@@H]1CNC[C@]12COCc1ccccc12)N1CCC(c2ccccc2)CC1. The second-order valence-corrected chi connectivity index (χ2v) is 8.50. The number of benzene rings is 2. The van der Waals surface area contributed by atoms with Crippen molar-refractivity contribution in [2.45, 2.75) is 30.8 Å². The molecule has 4 heteroatoms. The number of amides is 1. The number of nitrogens with one attached hydrogen (secondary N) is 1. The van der Waals surface area contributed by atoms with Gasteiger partial charge >= 0.3 is 0 Å². The number of carbonyl (C=O) groups is 1. The maximum Gasteiger partial charge on any atom is 0.228 e. The van der Waals surface area contributed by atoms with Crippen LogP contribution in [0.4, 0.5) is 0 Å². The van der Waals surface area contributed by atoms with Crippen molar-refractivity contribution in [1.82, 2.24) is 10.2 Å². The fourth-order valence-electron chi connectivity index (χ4n) is 5.45. The number of likely N-dealkylation sites (tertiary alicyclic amines) is 1. The smallest absolute Gasteiger partial charge is 0.228 e. The van der Waals surface area contributed by atoms with Crippen LogP contribution in [0.15, 0.2) is 54.6 Å². The summed E-state index contributed by atoms with van der Waals surface area (Å²) in [4.78, 5) is 15.7. The van der Waals surface area contributed by atoms with Gasteiger partial charge in [0, 0.05) is 31.6 Å². The third-order valence-corrected chi connectivity index (χ3v) is 7.00. The van der Waals surface area contributed by atoms with Gasteiger partial charge in [-0.05, 0) is 35.4 Å². The van der Waals surface area contributed by atoms with Crippen molar-refractivity contribution in [3.05, 3.63) is 71.3 Å². The number of nitrogens with zero attached hydrogens (tertiary/aromatic N) is 1. The predicted octanol–water partition coefficient (Wildman–Crippen LogP) is 3.08. The minimum absolute atomic E-state index is 0.0396. The number of fused-ring (bicyclic) bond motifs is 2. The lowest BCUT2D eigenvalue weighted by atomic mass is 9.69. The first-order valence-corrected chi connectivity index (χ1v) is 10.5. The van der Waals surface area contributed by atoms with Gasteiger partial charge in [-0.25, -0.2) is 0 Å². The van der Waals surface area contributed by atoms with Gasteiger partial charge in [0.05, 0.1) is 19.1 Å². The Hall–Kier alpha value is -2.17. The van der Waals surface area contributed by atoms with Crippen molar-refractivity contribution in [2.75, 3.05) is 32.8 Å². The zero-order valence-electron chi connectivity index (χ0n) is 16.3. The Morgan fingerprint density at radius 1 is 1.04 bits per heavy atom. The van der Waals surface area contributed by atoms with Crippen molar-refractivity contribution in [3.63, 3.8) is 0 Å². The van der Waals surface area contributed by atoms with Crippen molar-refractivity contribution >= 4 is 5.91 Å². The second kappa shape index (κ2) is 7.34. The summed E-state index contributed by atoms with van der Waals surface area (Å²) < 4.78 is 5.97. The van der Waals surface area contributed by atoms with E-state index >= 15 is 0 Å². The molecule has 0 unspecified atom stereocenters. The minimum atomic E-state index is -0.220. The van der Waals surface area contributed by atoms with Gasteiger partial charge in [-0.3, -0.25) is 4.79 Å². The number of ether oxygens (including phenoxy) is 1. The van der Waals surface area contributed by atoms with Gasteiger partial charge in [0.2, 0.25) is 5.91 Å². The van der Waals surface area contributed by atoms with Crippen LogP contribution in [0.5, 0.6) is 0 Å². The number of hydrogen-bond donors (Lipinski definition) is 1. The zero-order valence-corrected chi connectivity index (χ0v) is 16.3. The molecule has 0 bridgehead atoms. The normalized spacial score (nSPS) is 27.7. The van der Waals surface area contributed by atoms with E-state index in [0.717, 1.165) is 39.0 Å². The maximum absolute atomic E-state index is 13.6. The number of piperidine rings is 1. The Bertz CT molecular complexity index is 845. The summed E-state index contributed by atoms with van der Waals surface area (Å²) in [7, 11) is 0. The molecular weight excluding hydrogens is 348 g/mol. The van der Waals surface area contributed by atoms with E-state index in [0.29, 0.717) is 25.0 Å². The van der Waals surface area contributed by atoms with Crippen LogP contribution < -0.4 is 5.32 Å². The molecule has 1 amide bonds. The monoisotopic (exact) mass is 376 g/mol. The first-order valence-electron chi connectivity index (χ1n) is 10.5.